The van der Waals surface area contributed by atoms with Gasteiger partial charge >= 0.3 is 0 Å². The Morgan fingerprint density at radius 1 is 1.33 bits per heavy atom. The van der Waals surface area contributed by atoms with Crippen molar-refractivity contribution < 1.29 is 9.59 Å². The maximum Gasteiger partial charge on any atom is 0.237 e. The Hall–Kier alpha value is -1.68. The van der Waals surface area contributed by atoms with Crippen LogP contribution in [0.2, 0.25) is 0 Å². The molecule has 2 rings (SSSR count). The predicted octanol–water partition coefficient (Wildman–Crippen LogP) is 2.20. The number of rotatable bonds is 5. The van der Waals surface area contributed by atoms with E-state index in [0.29, 0.717) is 19.0 Å². The van der Waals surface area contributed by atoms with E-state index in [4.69, 9.17) is 0 Å². The summed E-state index contributed by atoms with van der Waals surface area (Å²) in [6, 6.07) is 7.62. The molecule has 1 fully saturated rings. The minimum atomic E-state index is -0.183. The first kappa shape index (κ1) is 15.7. The summed E-state index contributed by atoms with van der Waals surface area (Å²) in [4.78, 5) is 26.2. The second-order valence-corrected chi connectivity index (χ2v) is 5.89. The van der Waals surface area contributed by atoms with Gasteiger partial charge in [0.25, 0.3) is 0 Å². The summed E-state index contributed by atoms with van der Waals surface area (Å²) in [6.45, 7) is 7.91. The highest BCUT2D eigenvalue weighted by Crippen LogP contribution is 2.16. The van der Waals surface area contributed by atoms with Crippen molar-refractivity contribution in [3.8, 4) is 0 Å². The van der Waals surface area contributed by atoms with Crippen LogP contribution in [0.5, 0.6) is 0 Å². The number of benzene rings is 1. The Bertz CT molecular complexity index is 508. The molecule has 1 aromatic carbocycles. The molecule has 21 heavy (non-hydrogen) atoms. The van der Waals surface area contributed by atoms with Gasteiger partial charge in [-0.1, -0.05) is 45.0 Å². The van der Waals surface area contributed by atoms with Gasteiger partial charge in [-0.2, -0.15) is 0 Å². The molecule has 1 heterocycles. The van der Waals surface area contributed by atoms with Crippen LogP contribution in [0.25, 0.3) is 0 Å². The van der Waals surface area contributed by atoms with Crippen LogP contribution in [-0.2, 0) is 4.79 Å². The summed E-state index contributed by atoms with van der Waals surface area (Å²) in [5.74, 6) is 0.578. The second-order valence-electron chi connectivity index (χ2n) is 5.89. The summed E-state index contributed by atoms with van der Waals surface area (Å²) in [7, 11) is 0. The highest BCUT2D eigenvalue weighted by molar-refractivity contribution is 5.98. The third kappa shape index (κ3) is 3.70. The molecule has 1 atom stereocenters. The average Bonchev–Trinajstić information content (AvgIpc) is 2.47. The molecule has 0 bridgehead atoms. The normalized spacial score (nSPS) is 19.6. The fourth-order valence-corrected chi connectivity index (χ4v) is 2.72. The number of nitrogens with zero attached hydrogens (tertiary/aromatic N) is 1. The van der Waals surface area contributed by atoms with Gasteiger partial charge in [0, 0.05) is 18.7 Å². The number of Topliss-reactive ketones (excluding diaryl/α,β-unsaturated/α-hetero) is 1. The standard InChI is InChI=1S/C17H24N2O2/c1-4-15-17(21)18-9-10-19(15)11-16(20)14-7-5-13(6-8-14)12(2)3/h5-8,12,15H,4,9-11H2,1-3H3,(H,18,21). The number of nitrogens with one attached hydrogen (secondary N) is 1. The van der Waals surface area contributed by atoms with E-state index in [9.17, 15) is 9.59 Å². The van der Waals surface area contributed by atoms with Crippen LogP contribution >= 0.6 is 0 Å². The van der Waals surface area contributed by atoms with Crippen molar-refractivity contribution in [1.29, 1.82) is 0 Å². The van der Waals surface area contributed by atoms with Crippen molar-refractivity contribution in [2.45, 2.75) is 39.2 Å². The van der Waals surface area contributed by atoms with Crippen LogP contribution in [0.4, 0.5) is 0 Å². The van der Waals surface area contributed by atoms with Crippen LogP contribution in [0.15, 0.2) is 24.3 Å². The van der Waals surface area contributed by atoms with Gasteiger partial charge in [-0.15, -0.1) is 0 Å². The molecule has 1 N–H and O–H groups in total. The quantitative estimate of drug-likeness (QED) is 0.845. The number of carbonyl (C=O) groups is 2. The molecule has 114 valence electrons. The number of amides is 1. The summed E-state index contributed by atoms with van der Waals surface area (Å²) in [5, 5.41) is 2.85. The Labute approximate surface area is 126 Å². The molecule has 0 aliphatic carbocycles. The minimum Gasteiger partial charge on any atom is -0.353 e. The van der Waals surface area contributed by atoms with E-state index in [2.05, 4.69) is 19.2 Å². The first-order valence-corrected chi connectivity index (χ1v) is 7.67. The van der Waals surface area contributed by atoms with E-state index in [1.165, 1.54) is 5.56 Å². The summed E-state index contributed by atoms with van der Waals surface area (Å²) in [5.41, 5.74) is 1.95. The maximum absolute atomic E-state index is 12.4. The Kier molecular flexibility index (Phi) is 5.12. The molecular formula is C17H24N2O2. The van der Waals surface area contributed by atoms with Crippen molar-refractivity contribution in [1.82, 2.24) is 10.2 Å². The molecule has 0 aromatic heterocycles. The highest BCUT2D eigenvalue weighted by Gasteiger charge is 2.29. The number of ketones is 1. The molecule has 4 nitrogen and oxygen atoms in total. The Balaban J connectivity index is 2.04. The van der Waals surface area contributed by atoms with Gasteiger partial charge < -0.3 is 5.32 Å². The number of hydrogen-bond acceptors (Lipinski definition) is 3. The molecule has 4 heteroatoms. The fraction of sp³-hybridized carbons (Fsp3) is 0.529. The number of piperazine rings is 1. The minimum absolute atomic E-state index is 0.0340. The molecule has 1 unspecified atom stereocenters. The van der Waals surface area contributed by atoms with Gasteiger partial charge in [0.2, 0.25) is 5.91 Å². The lowest BCUT2D eigenvalue weighted by Gasteiger charge is -2.33. The van der Waals surface area contributed by atoms with Crippen molar-refractivity contribution in [3.63, 3.8) is 0 Å². The van der Waals surface area contributed by atoms with Crippen LogP contribution in [-0.4, -0.2) is 42.3 Å². The lowest BCUT2D eigenvalue weighted by atomic mass is 10.00. The van der Waals surface area contributed by atoms with Crippen molar-refractivity contribution in [2.24, 2.45) is 0 Å². The third-order valence-electron chi connectivity index (χ3n) is 4.07. The average molecular weight is 288 g/mol. The predicted molar refractivity (Wildman–Crippen MR) is 83.5 cm³/mol. The van der Waals surface area contributed by atoms with E-state index < -0.39 is 0 Å². The lowest BCUT2D eigenvalue weighted by Crippen LogP contribution is -2.56. The van der Waals surface area contributed by atoms with Gasteiger partial charge in [0.15, 0.2) is 5.78 Å². The molecule has 1 aliphatic rings. The molecule has 0 radical (unpaired) electrons. The number of hydrogen-bond donors (Lipinski definition) is 1. The van der Waals surface area contributed by atoms with Gasteiger partial charge in [-0.25, -0.2) is 0 Å². The zero-order valence-electron chi connectivity index (χ0n) is 13.1. The molecule has 1 saturated heterocycles. The fourth-order valence-electron chi connectivity index (χ4n) is 2.72. The van der Waals surface area contributed by atoms with E-state index in [0.717, 1.165) is 18.5 Å². The van der Waals surface area contributed by atoms with Gasteiger partial charge in [-0.05, 0) is 17.9 Å². The molecule has 1 aliphatic heterocycles. The van der Waals surface area contributed by atoms with Crippen molar-refractivity contribution in [3.05, 3.63) is 35.4 Å². The van der Waals surface area contributed by atoms with Crippen LogP contribution in [0.1, 0.15) is 49.0 Å². The molecule has 0 saturated carbocycles. The first-order chi connectivity index (χ1) is 10.0. The number of carbonyl (C=O) groups excluding carboxylic acids is 2. The monoisotopic (exact) mass is 288 g/mol. The topological polar surface area (TPSA) is 49.4 Å². The second kappa shape index (κ2) is 6.85. The zero-order valence-corrected chi connectivity index (χ0v) is 13.1. The lowest BCUT2D eigenvalue weighted by molar-refractivity contribution is -0.128. The van der Waals surface area contributed by atoms with E-state index in [1.807, 2.05) is 36.1 Å². The van der Waals surface area contributed by atoms with Crippen molar-refractivity contribution >= 4 is 11.7 Å². The van der Waals surface area contributed by atoms with Gasteiger partial charge in [0.05, 0.1) is 12.6 Å². The summed E-state index contributed by atoms with van der Waals surface area (Å²) < 4.78 is 0. The largest absolute Gasteiger partial charge is 0.353 e. The van der Waals surface area contributed by atoms with Crippen LogP contribution < -0.4 is 5.32 Å². The van der Waals surface area contributed by atoms with Gasteiger partial charge in [-0.3, -0.25) is 14.5 Å². The highest BCUT2D eigenvalue weighted by atomic mass is 16.2. The zero-order chi connectivity index (χ0) is 15.4. The van der Waals surface area contributed by atoms with Crippen molar-refractivity contribution in [2.75, 3.05) is 19.6 Å². The van der Waals surface area contributed by atoms with E-state index >= 15 is 0 Å². The SMILES string of the molecule is CCC1C(=O)NCCN1CC(=O)c1ccc(C(C)C)cc1. The molecule has 1 aromatic rings. The summed E-state index contributed by atoms with van der Waals surface area (Å²) >= 11 is 0. The van der Waals surface area contributed by atoms with Crippen LogP contribution in [0.3, 0.4) is 0 Å². The first-order valence-electron chi connectivity index (χ1n) is 7.67. The van der Waals surface area contributed by atoms with Crippen LogP contribution in [0, 0.1) is 0 Å². The smallest absolute Gasteiger partial charge is 0.237 e. The maximum atomic E-state index is 12.4. The molecule has 1 amide bonds. The Morgan fingerprint density at radius 2 is 2.00 bits per heavy atom. The third-order valence-corrected chi connectivity index (χ3v) is 4.07. The Morgan fingerprint density at radius 3 is 2.57 bits per heavy atom. The van der Waals surface area contributed by atoms with Gasteiger partial charge in [0.1, 0.15) is 0 Å². The molecule has 0 spiro atoms. The summed E-state index contributed by atoms with van der Waals surface area (Å²) in [6.07, 6.45) is 0.728. The molecular weight excluding hydrogens is 264 g/mol. The van der Waals surface area contributed by atoms with E-state index in [-0.39, 0.29) is 17.7 Å². The van der Waals surface area contributed by atoms with E-state index in [1.54, 1.807) is 0 Å².